The third-order valence-electron chi connectivity index (χ3n) is 2.38. The Morgan fingerprint density at radius 2 is 2.11 bits per heavy atom. The first-order valence-electron chi connectivity index (χ1n) is 5.42. The van der Waals surface area contributed by atoms with E-state index in [0.29, 0.717) is 21.8 Å². The van der Waals surface area contributed by atoms with Crippen LogP contribution in [-0.2, 0) is 5.75 Å². The van der Waals surface area contributed by atoms with Crippen molar-refractivity contribution in [1.82, 2.24) is 10.1 Å². The fourth-order valence-corrected chi connectivity index (χ4v) is 2.58. The van der Waals surface area contributed by atoms with Crippen molar-refractivity contribution in [2.24, 2.45) is 0 Å². The van der Waals surface area contributed by atoms with Crippen LogP contribution in [0.3, 0.4) is 0 Å². The van der Waals surface area contributed by atoms with E-state index in [-0.39, 0.29) is 5.25 Å². The highest BCUT2D eigenvalue weighted by atomic mass is 35.5. The van der Waals surface area contributed by atoms with Gasteiger partial charge in [-0.2, -0.15) is 4.98 Å². The van der Waals surface area contributed by atoms with Crippen LogP contribution in [0, 0.1) is 6.92 Å². The number of rotatable bonds is 4. The Labute approximate surface area is 120 Å². The zero-order valence-electron chi connectivity index (χ0n) is 9.98. The number of thioether (sulfide) groups is 1. The highest BCUT2D eigenvalue weighted by molar-refractivity contribution is 7.98. The third kappa shape index (κ3) is 3.40. The second kappa shape index (κ2) is 5.95. The van der Waals surface area contributed by atoms with Gasteiger partial charge in [-0.25, -0.2) is 0 Å². The molecule has 0 radical (unpaired) electrons. The fraction of sp³-hybridized carbons (Fsp3) is 0.333. The van der Waals surface area contributed by atoms with Crippen molar-refractivity contribution < 1.29 is 4.52 Å². The SMILES string of the molecule is Cc1noc([C@@H](C)SCc2ccc(Cl)c(Cl)c2)n1. The van der Waals surface area contributed by atoms with Gasteiger partial charge in [-0.05, 0) is 31.5 Å². The van der Waals surface area contributed by atoms with Gasteiger partial charge in [0, 0.05) is 5.75 Å². The van der Waals surface area contributed by atoms with Crippen molar-refractivity contribution in [3.8, 4) is 0 Å². The lowest BCUT2D eigenvalue weighted by atomic mass is 10.2. The largest absolute Gasteiger partial charge is 0.338 e. The number of halogens is 2. The van der Waals surface area contributed by atoms with Gasteiger partial charge >= 0.3 is 0 Å². The summed E-state index contributed by atoms with van der Waals surface area (Å²) in [5, 5.41) is 5.09. The number of hydrogen-bond donors (Lipinski definition) is 0. The second-order valence-corrected chi connectivity index (χ2v) is 6.03. The number of nitrogens with zero attached hydrogens (tertiary/aromatic N) is 2. The predicted octanol–water partition coefficient (Wildman–Crippen LogP) is 4.68. The molecule has 2 aromatic rings. The third-order valence-corrected chi connectivity index (χ3v) is 4.32. The molecule has 1 heterocycles. The molecule has 0 amide bonds. The molecule has 6 heteroatoms. The van der Waals surface area contributed by atoms with E-state index < -0.39 is 0 Å². The molecule has 0 unspecified atom stereocenters. The maximum absolute atomic E-state index is 5.97. The molecule has 0 aliphatic carbocycles. The maximum Gasteiger partial charge on any atom is 0.239 e. The van der Waals surface area contributed by atoms with Crippen LogP contribution in [0.1, 0.15) is 29.5 Å². The summed E-state index contributed by atoms with van der Waals surface area (Å²) in [6.07, 6.45) is 0. The molecule has 1 atom stereocenters. The Kier molecular flexibility index (Phi) is 4.54. The van der Waals surface area contributed by atoms with Gasteiger partial charge in [0.2, 0.25) is 5.89 Å². The molecule has 0 fully saturated rings. The molecule has 0 saturated carbocycles. The summed E-state index contributed by atoms with van der Waals surface area (Å²) in [5.41, 5.74) is 1.12. The van der Waals surface area contributed by atoms with Gasteiger partial charge < -0.3 is 4.52 Å². The Balaban J connectivity index is 1.97. The van der Waals surface area contributed by atoms with Crippen LogP contribution in [0.5, 0.6) is 0 Å². The molecule has 18 heavy (non-hydrogen) atoms. The van der Waals surface area contributed by atoms with Crippen molar-refractivity contribution in [1.29, 1.82) is 0 Å². The Morgan fingerprint density at radius 1 is 1.33 bits per heavy atom. The lowest BCUT2D eigenvalue weighted by molar-refractivity contribution is 0.376. The van der Waals surface area contributed by atoms with Crippen molar-refractivity contribution in [3.05, 3.63) is 45.5 Å². The maximum atomic E-state index is 5.97. The van der Waals surface area contributed by atoms with Gasteiger partial charge in [0.25, 0.3) is 0 Å². The summed E-state index contributed by atoms with van der Waals surface area (Å²) < 4.78 is 5.13. The van der Waals surface area contributed by atoms with E-state index in [0.717, 1.165) is 11.3 Å². The van der Waals surface area contributed by atoms with Gasteiger partial charge in [-0.1, -0.05) is 34.4 Å². The number of benzene rings is 1. The van der Waals surface area contributed by atoms with Crippen molar-refractivity contribution in [2.75, 3.05) is 0 Å². The van der Waals surface area contributed by atoms with E-state index >= 15 is 0 Å². The standard InChI is InChI=1S/C12H12Cl2N2OS/c1-7(12-15-8(2)16-17-12)18-6-9-3-4-10(13)11(14)5-9/h3-5,7H,6H2,1-2H3/t7-/m1/s1. The molecule has 1 aromatic heterocycles. The van der Waals surface area contributed by atoms with E-state index in [9.17, 15) is 0 Å². The van der Waals surface area contributed by atoms with Crippen LogP contribution in [0.15, 0.2) is 22.7 Å². The minimum atomic E-state index is 0.153. The van der Waals surface area contributed by atoms with Crippen LogP contribution in [0.4, 0.5) is 0 Å². The highest BCUT2D eigenvalue weighted by Crippen LogP contribution is 2.31. The lowest BCUT2D eigenvalue weighted by Gasteiger charge is -2.07. The molecule has 2 rings (SSSR count). The van der Waals surface area contributed by atoms with E-state index in [1.165, 1.54) is 0 Å². The average molecular weight is 303 g/mol. The fourth-order valence-electron chi connectivity index (χ4n) is 1.40. The monoisotopic (exact) mass is 302 g/mol. The normalized spacial score (nSPS) is 12.7. The van der Waals surface area contributed by atoms with Crippen LogP contribution >= 0.6 is 35.0 Å². The Morgan fingerprint density at radius 3 is 2.72 bits per heavy atom. The molecule has 0 spiro atoms. The summed E-state index contributed by atoms with van der Waals surface area (Å²) in [7, 11) is 0. The van der Waals surface area contributed by atoms with E-state index in [1.807, 2.05) is 26.0 Å². The van der Waals surface area contributed by atoms with Crippen molar-refractivity contribution in [2.45, 2.75) is 24.9 Å². The van der Waals surface area contributed by atoms with Crippen molar-refractivity contribution in [3.63, 3.8) is 0 Å². The minimum absolute atomic E-state index is 0.153. The first-order valence-corrected chi connectivity index (χ1v) is 7.22. The zero-order valence-corrected chi connectivity index (χ0v) is 12.3. The topological polar surface area (TPSA) is 38.9 Å². The van der Waals surface area contributed by atoms with Crippen LogP contribution in [0.25, 0.3) is 0 Å². The molecule has 1 aromatic carbocycles. The summed E-state index contributed by atoms with van der Waals surface area (Å²) in [6.45, 7) is 3.85. The quantitative estimate of drug-likeness (QED) is 0.822. The summed E-state index contributed by atoms with van der Waals surface area (Å²) in [5.74, 6) is 2.13. The molecule has 0 bridgehead atoms. The molecule has 0 N–H and O–H groups in total. The van der Waals surface area contributed by atoms with Crippen molar-refractivity contribution >= 4 is 35.0 Å². The highest BCUT2D eigenvalue weighted by Gasteiger charge is 2.13. The molecule has 0 aliphatic heterocycles. The molecule has 3 nitrogen and oxygen atoms in total. The number of hydrogen-bond acceptors (Lipinski definition) is 4. The summed E-state index contributed by atoms with van der Waals surface area (Å²) >= 11 is 13.5. The molecular weight excluding hydrogens is 291 g/mol. The number of aromatic nitrogens is 2. The van der Waals surface area contributed by atoms with Crippen LogP contribution < -0.4 is 0 Å². The van der Waals surface area contributed by atoms with Gasteiger partial charge in [0.05, 0.1) is 15.3 Å². The molecular formula is C12H12Cl2N2OS. The summed E-state index contributed by atoms with van der Waals surface area (Å²) in [6, 6.07) is 5.65. The minimum Gasteiger partial charge on any atom is -0.338 e. The lowest BCUT2D eigenvalue weighted by Crippen LogP contribution is -1.90. The number of aryl methyl sites for hydroxylation is 1. The van der Waals surface area contributed by atoms with Gasteiger partial charge in [0.1, 0.15) is 0 Å². The Hall–Kier alpha value is -0.710. The summed E-state index contributed by atoms with van der Waals surface area (Å²) in [4.78, 5) is 4.21. The van der Waals surface area contributed by atoms with Gasteiger partial charge in [0.15, 0.2) is 5.82 Å². The van der Waals surface area contributed by atoms with E-state index in [1.54, 1.807) is 17.8 Å². The predicted molar refractivity (Wildman–Crippen MR) is 75.2 cm³/mol. The Bertz CT molecular complexity index is 545. The molecule has 0 saturated heterocycles. The van der Waals surface area contributed by atoms with E-state index in [4.69, 9.17) is 27.7 Å². The van der Waals surface area contributed by atoms with Gasteiger partial charge in [-0.15, -0.1) is 11.8 Å². The van der Waals surface area contributed by atoms with E-state index in [2.05, 4.69) is 10.1 Å². The van der Waals surface area contributed by atoms with Crippen LogP contribution in [-0.4, -0.2) is 10.1 Å². The smallest absolute Gasteiger partial charge is 0.239 e. The average Bonchev–Trinajstić information content (AvgIpc) is 2.77. The van der Waals surface area contributed by atoms with Gasteiger partial charge in [-0.3, -0.25) is 0 Å². The first-order chi connectivity index (χ1) is 8.56. The zero-order chi connectivity index (χ0) is 13.1. The van der Waals surface area contributed by atoms with Crippen LogP contribution in [0.2, 0.25) is 10.0 Å². The second-order valence-electron chi connectivity index (χ2n) is 3.88. The first kappa shape index (κ1) is 13.7. The molecule has 96 valence electrons. The molecule has 0 aliphatic rings.